The average molecular weight is 186 g/mol. The third kappa shape index (κ3) is 1.02. The number of furan rings is 2. The second kappa shape index (κ2) is 2.13. The summed E-state index contributed by atoms with van der Waals surface area (Å²) < 4.78 is 31.7. The molecule has 0 aliphatic rings. The van der Waals surface area contributed by atoms with Crippen molar-refractivity contribution < 1.29 is 17.3 Å². The number of rotatable bonds is 1. The van der Waals surface area contributed by atoms with Crippen LogP contribution in [-0.2, 0) is 9.84 Å². The van der Waals surface area contributed by atoms with Gasteiger partial charge in [-0.2, -0.15) is 0 Å². The van der Waals surface area contributed by atoms with Crippen molar-refractivity contribution in [2.24, 2.45) is 0 Å². The van der Waals surface area contributed by atoms with E-state index in [9.17, 15) is 8.42 Å². The molecule has 0 bridgehead atoms. The van der Waals surface area contributed by atoms with Crippen LogP contribution in [0.1, 0.15) is 0 Å². The van der Waals surface area contributed by atoms with E-state index in [2.05, 4.69) is 0 Å². The van der Waals surface area contributed by atoms with Crippen LogP contribution in [-0.4, -0.2) is 14.7 Å². The largest absolute Gasteiger partial charge is 0.433 e. The smallest absolute Gasteiger partial charge is 0.298 e. The van der Waals surface area contributed by atoms with Gasteiger partial charge in [0.05, 0.1) is 11.6 Å². The third-order valence-electron chi connectivity index (χ3n) is 1.49. The van der Waals surface area contributed by atoms with E-state index in [1.807, 2.05) is 0 Å². The van der Waals surface area contributed by atoms with Crippen LogP contribution in [0.5, 0.6) is 0 Å². The molecule has 0 saturated carbocycles. The maximum Gasteiger partial charge on any atom is 0.298 e. The minimum absolute atomic E-state index is 0.0585. The topological polar surface area (TPSA) is 60.4 Å². The predicted octanol–water partition coefficient (Wildman–Crippen LogP) is 1.43. The second-order valence-electron chi connectivity index (χ2n) is 2.50. The minimum atomic E-state index is -3.26. The van der Waals surface area contributed by atoms with Gasteiger partial charge in [0, 0.05) is 12.3 Å². The molecule has 12 heavy (non-hydrogen) atoms. The first-order chi connectivity index (χ1) is 5.57. The van der Waals surface area contributed by atoms with Gasteiger partial charge >= 0.3 is 0 Å². The van der Waals surface area contributed by atoms with Gasteiger partial charge in [0.1, 0.15) is 0 Å². The lowest BCUT2D eigenvalue weighted by molar-refractivity contribution is 0.414. The Hall–Kier alpha value is -1.23. The molecule has 0 aromatic carbocycles. The van der Waals surface area contributed by atoms with Crippen molar-refractivity contribution in [3.05, 3.63) is 18.4 Å². The molecule has 2 aromatic heterocycles. The van der Waals surface area contributed by atoms with Gasteiger partial charge in [0.15, 0.2) is 0 Å². The van der Waals surface area contributed by atoms with Crippen LogP contribution in [0, 0.1) is 0 Å². The van der Waals surface area contributed by atoms with E-state index in [1.165, 1.54) is 12.3 Å². The van der Waals surface area contributed by atoms with Gasteiger partial charge in [-0.3, -0.25) is 0 Å². The van der Waals surface area contributed by atoms with E-state index in [4.69, 9.17) is 8.83 Å². The van der Waals surface area contributed by atoms with Gasteiger partial charge < -0.3 is 8.83 Å². The number of sulfone groups is 1. The van der Waals surface area contributed by atoms with Crippen molar-refractivity contribution in [2.45, 2.75) is 5.09 Å². The molecule has 2 heterocycles. The Kier molecular flexibility index (Phi) is 1.32. The molecular formula is C7H6O4S. The van der Waals surface area contributed by atoms with Crippen molar-refractivity contribution in [3.63, 3.8) is 0 Å². The molecule has 0 spiro atoms. The fourth-order valence-electron chi connectivity index (χ4n) is 0.926. The molecule has 0 aliphatic heterocycles. The van der Waals surface area contributed by atoms with Crippen LogP contribution in [0.4, 0.5) is 0 Å². The standard InChI is InChI=1S/C7H6O4S/c1-12(8,9)6-4-5-2-3-10-7(5)11-6/h2-4H,1H3. The summed E-state index contributed by atoms with van der Waals surface area (Å²) in [6, 6.07) is 3.08. The fraction of sp³-hybridized carbons (Fsp3) is 0.143. The fourth-order valence-corrected chi connectivity index (χ4v) is 1.49. The van der Waals surface area contributed by atoms with E-state index < -0.39 is 9.84 Å². The first kappa shape index (κ1) is 7.42. The van der Waals surface area contributed by atoms with E-state index in [-0.39, 0.29) is 10.9 Å². The Bertz CT molecular complexity index is 474. The van der Waals surface area contributed by atoms with Gasteiger partial charge in [0.2, 0.25) is 14.9 Å². The molecular weight excluding hydrogens is 180 g/mol. The molecule has 2 rings (SSSR count). The van der Waals surface area contributed by atoms with Crippen LogP contribution < -0.4 is 0 Å². The Morgan fingerprint density at radius 3 is 2.75 bits per heavy atom. The lowest BCUT2D eigenvalue weighted by atomic mass is 10.4. The first-order valence-corrected chi connectivity index (χ1v) is 5.13. The molecule has 0 fully saturated rings. The molecule has 0 saturated heterocycles. The highest BCUT2D eigenvalue weighted by atomic mass is 32.2. The number of hydrogen-bond acceptors (Lipinski definition) is 4. The summed E-state index contributed by atoms with van der Waals surface area (Å²) in [7, 11) is -3.26. The third-order valence-corrected chi connectivity index (χ3v) is 2.42. The van der Waals surface area contributed by atoms with Gasteiger partial charge in [-0.05, 0) is 6.07 Å². The molecule has 2 aromatic rings. The highest BCUT2D eigenvalue weighted by Crippen LogP contribution is 2.22. The summed E-state index contributed by atoms with van der Waals surface area (Å²) in [6.45, 7) is 0. The summed E-state index contributed by atoms with van der Waals surface area (Å²) in [6.07, 6.45) is 2.53. The van der Waals surface area contributed by atoms with Crippen LogP contribution in [0.2, 0.25) is 0 Å². The molecule has 0 amide bonds. The minimum Gasteiger partial charge on any atom is -0.433 e. The van der Waals surface area contributed by atoms with E-state index in [1.54, 1.807) is 6.07 Å². The van der Waals surface area contributed by atoms with Crippen LogP contribution in [0.3, 0.4) is 0 Å². The Morgan fingerprint density at radius 1 is 1.42 bits per heavy atom. The number of fused-ring (bicyclic) bond motifs is 1. The van der Waals surface area contributed by atoms with E-state index in [0.29, 0.717) is 5.39 Å². The molecule has 0 atom stereocenters. The number of hydrogen-bond donors (Lipinski definition) is 0. The molecule has 0 radical (unpaired) electrons. The van der Waals surface area contributed by atoms with Gasteiger partial charge in [-0.25, -0.2) is 8.42 Å². The van der Waals surface area contributed by atoms with Crippen molar-refractivity contribution in [1.29, 1.82) is 0 Å². The summed E-state index contributed by atoms with van der Waals surface area (Å²) >= 11 is 0. The first-order valence-electron chi connectivity index (χ1n) is 3.24. The predicted molar refractivity (Wildman–Crippen MR) is 41.6 cm³/mol. The van der Waals surface area contributed by atoms with Crippen molar-refractivity contribution in [1.82, 2.24) is 0 Å². The SMILES string of the molecule is CS(=O)(=O)c1cc2ccoc2o1. The average Bonchev–Trinajstić information content (AvgIpc) is 2.37. The van der Waals surface area contributed by atoms with E-state index >= 15 is 0 Å². The maximum atomic E-state index is 11.0. The lowest BCUT2D eigenvalue weighted by Gasteiger charge is -1.86. The quantitative estimate of drug-likeness (QED) is 0.675. The molecule has 0 unspecified atom stereocenters. The highest BCUT2D eigenvalue weighted by molar-refractivity contribution is 7.90. The summed E-state index contributed by atoms with van der Waals surface area (Å²) in [4.78, 5) is 0. The molecule has 0 N–H and O–H groups in total. The Balaban J connectivity index is 2.75. The molecule has 64 valence electrons. The second-order valence-corrected chi connectivity index (χ2v) is 4.45. The Morgan fingerprint density at radius 2 is 2.17 bits per heavy atom. The van der Waals surface area contributed by atoms with Crippen molar-refractivity contribution in [3.8, 4) is 0 Å². The molecule has 5 heteroatoms. The van der Waals surface area contributed by atoms with Gasteiger partial charge in [-0.1, -0.05) is 0 Å². The Labute approximate surface area is 68.7 Å². The zero-order chi connectivity index (χ0) is 8.77. The summed E-state index contributed by atoms with van der Waals surface area (Å²) in [5, 5.41) is 0.604. The summed E-state index contributed by atoms with van der Waals surface area (Å²) in [5.41, 5.74) is 0. The zero-order valence-corrected chi connectivity index (χ0v) is 7.09. The summed E-state index contributed by atoms with van der Waals surface area (Å²) in [5.74, 6) is 0.246. The van der Waals surface area contributed by atoms with Crippen molar-refractivity contribution >= 4 is 21.0 Å². The monoisotopic (exact) mass is 186 g/mol. The van der Waals surface area contributed by atoms with Gasteiger partial charge in [0.25, 0.3) is 5.78 Å². The van der Waals surface area contributed by atoms with Crippen LogP contribution in [0.15, 0.2) is 32.3 Å². The van der Waals surface area contributed by atoms with Gasteiger partial charge in [-0.15, -0.1) is 0 Å². The van der Waals surface area contributed by atoms with Crippen molar-refractivity contribution in [2.75, 3.05) is 6.26 Å². The highest BCUT2D eigenvalue weighted by Gasteiger charge is 2.14. The van der Waals surface area contributed by atoms with Crippen LogP contribution in [0.25, 0.3) is 11.2 Å². The normalized spacial score (nSPS) is 12.4. The lowest BCUT2D eigenvalue weighted by Crippen LogP contribution is -1.93. The molecule has 4 nitrogen and oxygen atoms in total. The van der Waals surface area contributed by atoms with Crippen LogP contribution >= 0.6 is 0 Å². The molecule has 0 aliphatic carbocycles. The van der Waals surface area contributed by atoms with E-state index in [0.717, 1.165) is 6.26 Å². The maximum absolute atomic E-state index is 11.0. The zero-order valence-electron chi connectivity index (χ0n) is 6.27.